The molecule has 2 aliphatic rings. The first kappa shape index (κ1) is 17.0. The number of amides is 1. The van der Waals surface area contributed by atoms with Crippen LogP contribution in [0.3, 0.4) is 0 Å². The summed E-state index contributed by atoms with van der Waals surface area (Å²) in [6, 6.07) is 4.35. The summed E-state index contributed by atoms with van der Waals surface area (Å²) in [4.78, 5) is 12.5. The summed E-state index contributed by atoms with van der Waals surface area (Å²) >= 11 is 0. The first-order valence-electron chi connectivity index (χ1n) is 8.41. The Kier molecular flexibility index (Phi) is 4.92. The van der Waals surface area contributed by atoms with Crippen LogP contribution in [0.1, 0.15) is 43.0 Å². The van der Waals surface area contributed by atoms with Gasteiger partial charge >= 0.3 is 6.61 Å². The Balaban J connectivity index is 1.66. The number of carbonyl (C=O) groups is 1. The van der Waals surface area contributed by atoms with E-state index in [0.717, 1.165) is 11.8 Å². The van der Waals surface area contributed by atoms with Gasteiger partial charge in [-0.25, -0.2) is 0 Å². The number of hydrogen-bond acceptors (Lipinski definition) is 3. The van der Waals surface area contributed by atoms with E-state index in [1.165, 1.54) is 51.0 Å². The highest BCUT2D eigenvalue weighted by Gasteiger charge is 2.42. The summed E-state index contributed by atoms with van der Waals surface area (Å²) in [7, 11) is 1.35. The van der Waals surface area contributed by atoms with Gasteiger partial charge in [0, 0.05) is 11.6 Å². The van der Waals surface area contributed by atoms with Crippen LogP contribution in [0.25, 0.3) is 0 Å². The summed E-state index contributed by atoms with van der Waals surface area (Å²) in [5, 5.41) is 3.05. The van der Waals surface area contributed by atoms with E-state index in [2.05, 4.69) is 17.0 Å². The van der Waals surface area contributed by atoms with Crippen molar-refractivity contribution in [2.75, 3.05) is 7.11 Å². The van der Waals surface area contributed by atoms with E-state index in [9.17, 15) is 13.6 Å². The van der Waals surface area contributed by atoms with Gasteiger partial charge in [0.2, 0.25) is 0 Å². The van der Waals surface area contributed by atoms with Gasteiger partial charge in [-0.1, -0.05) is 6.42 Å². The molecule has 4 atom stereocenters. The molecule has 1 N–H and O–H groups in total. The lowest BCUT2D eigenvalue weighted by Crippen LogP contribution is -2.40. The molecule has 1 amide bonds. The molecule has 2 fully saturated rings. The molecule has 0 unspecified atom stereocenters. The average Bonchev–Trinajstić information content (AvgIpc) is 3.17. The third kappa shape index (κ3) is 3.47. The van der Waals surface area contributed by atoms with Gasteiger partial charge < -0.3 is 14.8 Å². The summed E-state index contributed by atoms with van der Waals surface area (Å²) in [5.41, 5.74) is 0.378. The fourth-order valence-electron chi connectivity index (χ4n) is 4.31. The second-order valence-corrected chi connectivity index (χ2v) is 6.84. The highest BCUT2D eigenvalue weighted by atomic mass is 19.3. The number of nitrogens with one attached hydrogen (secondary N) is 1. The van der Waals surface area contributed by atoms with Crippen molar-refractivity contribution in [3.63, 3.8) is 0 Å². The number of benzene rings is 1. The Morgan fingerprint density at radius 1 is 1.25 bits per heavy atom. The van der Waals surface area contributed by atoms with E-state index in [0.29, 0.717) is 11.5 Å². The zero-order chi connectivity index (χ0) is 17.3. The minimum Gasteiger partial charge on any atom is -0.493 e. The van der Waals surface area contributed by atoms with Crippen LogP contribution in [0.15, 0.2) is 18.2 Å². The molecule has 4 nitrogen and oxygen atoms in total. The maximum absolute atomic E-state index is 12.5. The summed E-state index contributed by atoms with van der Waals surface area (Å²) < 4.78 is 34.1. The van der Waals surface area contributed by atoms with E-state index in [1.54, 1.807) is 0 Å². The number of hydrogen-bond donors (Lipinski definition) is 1. The van der Waals surface area contributed by atoms with Crippen molar-refractivity contribution in [2.45, 2.75) is 45.3 Å². The van der Waals surface area contributed by atoms with Crippen LogP contribution in [0.5, 0.6) is 11.5 Å². The first-order chi connectivity index (χ1) is 11.5. The van der Waals surface area contributed by atoms with Crippen LogP contribution in [-0.4, -0.2) is 25.7 Å². The molecule has 0 aliphatic heterocycles. The Bertz CT molecular complexity index is 608. The van der Waals surface area contributed by atoms with E-state index in [-0.39, 0.29) is 23.4 Å². The molecule has 0 aromatic heterocycles. The van der Waals surface area contributed by atoms with Crippen LogP contribution in [0.2, 0.25) is 0 Å². The summed E-state index contributed by atoms with van der Waals surface area (Å²) in [5.74, 6) is 1.91. The fraction of sp³-hybridized carbons (Fsp3) is 0.611. The van der Waals surface area contributed by atoms with Crippen molar-refractivity contribution in [1.29, 1.82) is 0 Å². The Morgan fingerprint density at radius 2 is 2.04 bits per heavy atom. The minimum absolute atomic E-state index is 0.0785. The van der Waals surface area contributed by atoms with Crippen molar-refractivity contribution >= 4 is 5.91 Å². The average molecular weight is 339 g/mol. The largest absolute Gasteiger partial charge is 0.493 e. The molecule has 24 heavy (non-hydrogen) atoms. The highest BCUT2D eigenvalue weighted by molar-refractivity contribution is 5.95. The van der Waals surface area contributed by atoms with Crippen LogP contribution in [0.4, 0.5) is 8.78 Å². The van der Waals surface area contributed by atoms with Crippen molar-refractivity contribution < 1.29 is 23.0 Å². The summed E-state index contributed by atoms with van der Waals surface area (Å²) in [6.45, 7) is -0.884. The van der Waals surface area contributed by atoms with E-state index >= 15 is 0 Å². The summed E-state index contributed by atoms with van der Waals surface area (Å²) in [6.07, 6.45) is 5.07. The van der Waals surface area contributed by atoms with E-state index in [4.69, 9.17) is 4.74 Å². The lowest BCUT2D eigenvalue weighted by atomic mass is 9.84. The molecule has 2 bridgehead atoms. The van der Waals surface area contributed by atoms with Crippen molar-refractivity contribution in [3.8, 4) is 11.5 Å². The Morgan fingerprint density at radius 3 is 2.62 bits per heavy atom. The lowest BCUT2D eigenvalue weighted by Gasteiger charge is -2.28. The minimum atomic E-state index is -2.93. The molecule has 132 valence electrons. The van der Waals surface area contributed by atoms with Crippen LogP contribution in [-0.2, 0) is 0 Å². The van der Waals surface area contributed by atoms with Gasteiger partial charge in [0.1, 0.15) is 0 Å². The molecular formula is C18H23F2NO3. The predicted molar refractivity (Wildman–Crippen MR) is 85.5 cm³/mol. The molecule has 6 heteroatoms. The number of carbonyl (C=O) groups excluding carboxylic acids is 1. The normalized spacial score (nSPS) is 26.5. The van der Waals surface area contributed by atoms with Crippen LogP contribution < -0.4 is 14.8 Å². The molecule has 0 radical (unpaired) electrons. The number of alkyl halides is 2. The molecular weight excluding hydrogens is 316 g/mol. The smallest absolute Gasteiger partial charge is 0.387 e. The molecule has 0 heterocycles. The monoisotopic (exact) mass is 339 g/mol. The highest BCUT2D eigenvalue weighted by Crippen LogP contribution is 2.49. The third-order valence-corrected chi connectivity index (χ3v) is 5.44. The van der Waals surface area contributed by atoms with Gasteiger partial charge in [0.15, 0.2) is 11.5 Å². The quantitative estimate of drug-likeness (QED) is 0.856. The van der Waals surface area contributed by atoms with Gasteiger partial charge in [0.25, 0.3) is 5.91 Å². The molecule has 1 aromatic carbocycles. The van der Waals surface area contributed by atoms with Crippen molar-refractivity contribution in [1.82, 2.24) is 5.32 Å². The van der Waals surface area contributed by atoms with Gasteiger partial charge in [-0.3, -0.25) is 4.79 Å². The van der Waals surface area contributed by atoms with Crippen molar-refractivity contribution in [2.24, 2.45) is 17.8 Å². The number of halogens is 2. The lowest BCUT2D eigenvalue weighted by molar-refractivity contribution is -0.0512. The van der Waals surface area contributed by atoms with Gasteiger partial charge in [-0.05, 0) is 62.1 Å². The van der Waals surface area contributed by atoms with E-state index in [1.807, 2.05) is 0 Å². The molecule has 2 aliphatic carbocycles. The number of methoxy groups -OCH3 is 1. The van der Waals surface area contributed by atoms with Gasteiger partial charge in [-0.2, -0.15) is 8.78 Å². The maximum Gasteiger partial charge on any atom is 0.387 e. The Labute approximate surface area is 140 Å². The van der Waals surface area contributed by atoms with Crippen LogP contribution in [0, 0.1) is 17.8 Å². The molecule has 3 rings (SSSR count). The van der Waals surface area contributed by atoms with Crippen molar-refractivity contribution in [3.05, 3.63) is 23.8 Å². The molecule has 2 saturated carbocycles. The van der Waals surface area contributed by atoms with Crippen LogP contribution >= 0.6 is 0 Å². The predicted octanol–water partition coefficient (Wildman–Crippen LogP) is 3.85. The Hall–Kier alpha value is -1.85. The molecule has 0 spiro atoms. The van der Waals surface area contributed by atoms with Gasteiger partial charge in [0.05, 0.1) is 7.11 Å². The number of rotatable bonds is 6. The molecule has 0 saturated heterocycles. The van der Waals surface area contributed by atoms with Gasteiger partial charge in [-0.15, -0.1) is 0 Å². The second kappa shape index (κ2) is 6.95. The van der Waals surface area contributed by atoms with E-state index < -0.39 is 6.61 Å². The zero-order valence-electron chi connectivity index (χ0n) is 13.9. The fourth-order valence-corrected chi connectivity index (χ4v) is 4.31. The standard InChI is InChI=1S/C18H23F2NO3/c1-10(14-8-11-3-4-12(14)7-11)21-17(22)13-5-6-15(24-18(19)20)16(9-13)23-2/h5-6,9-12,14,18H,3-4,7-8H2,1-2H3,(H,21,22)/t10-,11+,12+,14-/m0/s1. The number of fused-ring (bicyclic) bond motifs is 2. The topological polar surface area (TPSA) is 47.6 Å². The third-order valence-electron chi connectivity index (χ3n) is 5.44. The first-order valence-corrected chi connectivity index (χ1v) is 8.41. The SMILES string of the molecule is COc1cc(C(=O)N[C@@H](C)[C@@H]2C[C@@H]3CC[C@@H]2C3)ccc1OC(F)F. The molecule has 1 aromatic rings. The second-order valence-electron chi connectivity index (χ2n) is 6.84. The zero-order valence-corrected chi connectivity index (χ0v) is 13.9. The number of ether oxygens (including phenoxy) is 2. The maximum atomic E-state index is 12.5.